The first-order valence-electron chi connectivity index (χ1n) is 7.18. The second-order valence-corrected chi connectivity index (χ2v) is 5.88. The van der Waals surface area contributed by atoms with Gasteiger partial charge in [-0.3, -0.25) is 9.69 Å². The molecule has 0 spiro atoms. The van der Waals surface area contributed by atoms with E-state index in [2.05, 4.69) is 0 Å². The first-order valence-corrected chi connectivity index (χ1v) is 7.18. The maximum atomic E-state index is 11.7. The van der Waals surface area contributed by atoms with E-state index in [-0.39, 0.29) is 5.60 Å². The summed E-state index contributed by atoms with van der Waals surface area (Å²) in [6.07, 6.45) is 0.759. The summed E-state index contributed by atoms with van der Waals surface area (Å²) in [7, 11) is 1.68. The molecular formula is C16H23NO4. The number of aliphatic carboxylic acids is 1. The van der Waals surface area contributed by atoms with Crippen molar-refractivity contribution in [1.29, 1.82) is 0 Å². The van der Waals surface area contributed by atoms with Crippen LogP contribution in [0.15, 0.2) is 24.3 Å². The Balaban J connectivity index is 2.23. The van der Waals surface area contributed by atoms with Gasteiger partial charge in [0.1, 0.15) is 18.4 Å². The predicted molar refractivity (Wildman–Crippen MR) is 79.6 cm³/mol. The first kappa shape index (κ1) is 15.8. The SMILES string of the molecule is COC(C)(C)CCN1CCOc2ccccc2C1C(=O)O. The summed E-state index contributed by atoms with van der Waals surface area (Å²) in [6.45, 7) is 5.74. The van der Waals surface area contributed by atoms with E-state index in [0.717, 1.165) is 12.0 Å². The Morgan fingerprint density at radius 2 is 2.19 bits per heavy atom. The van der Waals surface area contributed by atoms with Crippen molar-refractivity contribution < 1.29 is 19.4 Å². The molecule has 0 radical (unpaired) electrons. The molecule has 1 aromatic carbocycles. The monoisotopic (exact) mass is 293 g/mol. The molecule has 1 atom stereocenters. The molecular weight excluding hydrogens is 270 g/mol. The molecule has 1 aliphatic heterocycles. The van der Waals surface area contributed by atoms with Crippen molar-refractivity contribution in [3.8, 4) is 5.75 Å². The third-order valence-corrected chi connectivity index (χ3v) is 4.00. The molecule has 0 saturated heterocycles. The Labute approximate surface area is 125 Å². The maximum Gasteiger partial charge on any atom is 0.325 e. The van der Waals surface area contributed by atoms with Crippen LogP contribution in [0.25, 0.3) is 0 Å². The van der Waals surface area contributed by atoms with Crippen molar-refractivity contribution in [2.24, 2.45) is 0 Å². The summed E-state index contributed by atoms with van der Waals surface area (Å²) in [5.41, 5.74) is 0.452. The highest BCUT2D eigenvalue weighted by Crippen LogP contribution is 2.32. The summed E-state index contributed by atoms with van der Waals surface area (Å²) < 4.78 is 11.1. The fraction of sp³-hybridized carbons (Fsp3) is 0.562. The van der Waals surface area contributed by atoms with Gasteiger partial charge in [0.15, 0.2) is 0 Å². The first-order chi connectivity index (χ1) is 9.94. The second-order valence-electron chi connectivity index (χ2n) is 5.88. The van der Waals surface area contributed by atoms with Gasteiger partial charge in [0.2, 0.25) is 0 Å². The van der Waals surface area contributed by atoms with Crippen molar-refractivity contribution in [1.82, 2.24) is 4.90 Å². The van der Waals surface area contributed by atoms with Crippen LogP contribution in [0.1, 0.15) is 31.9 Å². The summed E-state index contributed by atoms with van der Waals surface area (Å²) in [4.78, 5) is 13.7. The zero-order chi connectivity index (χ0) is 15.5. The minimum absolute atomic E-state index is 0.268. The molecule has 0 saturated carbocycles. The van der Waals surface area contributed by atoms with Gasteiger partial charge in [0.05, 0.1) is 5.60 Å². The van der Waals surface area contributed by atoms with Crippen LogP contribution in [0.4, 0.5) is 0 Å². The third kappa shape index (κ3) is 3.74. The number of nitrogens with zero attached hydrogens (tertiary/aromatic N) is 1. The Kier molecular flexibility index (Phi) is 4.85. The van der Waals surface area contributed by atoms with E-state index in [0.29, 0.717) is 25.4 Å². The van der Waals surface area contributed by atoms with E-state index < -0.39 is 12.0 Å². The fourth-order valence-corrected chi connectivity index (χ4v) is 2.48. The minimum atomic E-state index is -0.844. The highest BCUT2D eigenvalue weighted by molar-refractivity contribution is 5.76. The fourth-order valence-electron chi connectivity index (χ4n) is 2.48. The van der Waals surface area contributed by atoms with Gasteiger partial charge in [0.25, 0.3) is 0 Å². The smallest absolute Gasteiger partial charge is 0.325 e. The van der Waals surface area contributed by atoms with E-state index >= 15 is 0 Å². The number of benzene rings is 1. The molecule has 0 fully saturated rings. The molecule has 0 bridgehead atoms. The topological polar surface area (TPSA) is 59.0 Å². The average molecular weight is 293 g/mol. The van der Waals surface area contributed by atoms with E-state index in [1.165, 1.54) is 0 Å². The Morgan fingerprint density at radius 3 is 2.86 bits per heavy atom. The lowest BCUT2D eigenvalue weighted by atomic mass is 10.0. The van der Waals surface area contributed by atoms with Gasteiger partial charge < -0.3 is 14.6 Å². The van der Waals surface area contributed by atoms with Gasteiger partial charge >= 0.3 is 5.97 Å². The number of ether oxygens (including phenoxy) is 2. The lowest BCUT2D eigenvalue weighted by molar-refractivity contribution is -0.143. The molecule has 0 aromatic heterocycles. The van der Waals surface area contributed by atoms with E-state index in [1.54, 1.807) is 7.11 Å². The number of hydrogen-bond acceptors (Lipinski definition) is 4. The van der Waals surface area contributed by atoms with Crippen molar-refractivity contribution in [3.63, 3.8) is 0 Å². The zero-order valence-electron chi connectivity index (χ0n) is 12.8. The number of carboxylic acid groups (broad SMARTS) is 1. The number of carbonyl (C=O) groups is 1. The lowest BCUT2D eigenvalue weighted by Gasteiger charge is -2.30. The number of hydrogen-bond donors (Lipinski definition) is 1. The lowest BCUT2D eigenvalue weighted by Crippen LogP contribution is -2.39. The number of carboxylic acids is 1. The van der Waals surface area contributed by atoms with Gasteiger partial charge in [0, 0.05) is 25.8 Å². The van der Waals surface area contributed by atoms with Crippen molar-refractivity contribution in [2.45, 2.75) is 31.9 Å². The molecule has 1 unspecified atom stereocenters. The molecule has 21 heavy (non-hydrogen) atoms. The molecule has 1 aromatic rings. The van der Waals surface area contributed by atoms with E-state index in [4.69, 9.17) is 9.47 Å². The predicted octanol–water partition coefficient (Wildman–Crippen LogP) is 2.32. The number of fused-ring (bicyclic) bond motifs is 1. The third-order valence-electron chi connectivity index (χ3n) is 4.00. The minimum Gasteiger partial charge on any atom is -0.492 e. The van der Waals surface area contributed by atoms with Crippen molar-refractivity contribution in [2.75, 3.05) is 26.8 Å². The van der Waals surface area contributed by atoms with Gasteiger partial charge in [-0.15, -0.1) is 0 Å². The van der Waals surface area contributed by atoms with Crippen LogP contribution in [0.2, 0.25) is 0 Å². The van der Waals surface area contributed by atoms with Crippen molar-refractivity contribution >= 4 is 5.97 Å². The normalized spacial score (nSPS) is 19.5. The van der Waals surface area contributed by atoms with Crippen molar-refractivity contribution in [3.05, 3.63) is 29.8 Å². The van der Waals surface area contributed by atoms with E-state index in [1.807, 2.05) is 43.0 Å². The standard InChI is InChI=1S/C16H23NO4/c1-16(2,20-3)8-9-17-10-11-21-13-7-5-4-6-12(13)14(17)15(18)19/h4-7,14H,8-11H2,1-3H3,(H,18,19). The second kappa shape index (κ2) is 6.45. The largest absolute Gasteiger partial charge is 0.492 e. The Morgan fingerprint density at radius 1 is 1.48 bits per heavy atom. The van der Waals surface area contributed by atoms with Crippen LogP contribution >= 0.6 is 0 Å². The summed E-state index contributed by atoms with van der Waals surface area (Å²) in [6, 6.07) is 6.69. The van der Waals surface area contributed by atoms with Gasteiger partial charge in [-0.2, -0.15) is 0 Å². The van der Waals surface area contributed by atoms with Crippen LogP contribution < -0.4 is 4.74 Å². The summed E-state index contributed by atoms with van der Waals surface area (Å²) in [5.74, 6) is -0.179. The molecule has 1 aliphatic rings. The average Bonchev–Trinajstić information content (AvgIpc) is 2.64. The van der Waals surface area contributed by atoms with Crippen LogP contribution in [-0.4, -0.2) is 48.4 Å². The maximum absolute atomic E-state index is 11.7. The van der Waals surface area contributed by atoms with Gasteiger partial charge in [-0.25, -0.2) is 0 Å². The highest BCUT2D eigenvalue weighted by atomic mass is 16.5. The molecule has 1 N–H and O–H groups in total. The van der Waals surface area contributed by atoms with Crippen LogP contribution in [0.5, 0.6) is 5.75 Å². The Bertz CT molecular complexity index is 501. The number of rotatable bonds is 5. The summed E-state index contributed by atoms with van der Waals surface area (Å²) in [5, 5.41) is 9.64. The van der Waals surface area contributed by atoms with Gasteiger partial charge in [-0.1, -0.05) is 18.2 Å². The molecule has 0 aliphatic carbocycles. The number of para-hydroxylation sites is 1. The molecule has 116 valence electrons. The quantitative estimate of drug-likeness (QED) is 0.903. The molecule has 5 nitrogen and oxygen atoms in total. The zero-order valence-corrected chi connectivity index (χ0v) is 12.8. The van der Waals surface area contributed by atoms with Gasteiger partial charge in [-0.05, 0) is 26.3 Å². The van der Waals surface area contributed by atoms with E-state index in [9.17, 15) is 9.90 Å². The molecule has 0 amide bonds. The highest BCUT2D eigenvalue weighted by Gasteiger charge is 2.33. The Hall–Kier alpha value is -1.59. The number of methoxy groups -OCH3 is 1. The molecule has 1 heterocycles. The van der Waals surface area contributed by atoms with Crippen LogP contribution in [0.3, 0.4) is 0 Å². The summed E-state index contributed by atoms with van der Waals surface area (Å²) >= 11 is 0. The molecule has 5 heteroatoms. The molecule has 2 rings (SSSR count). The van der Waals surface area contributed by atoms with Crippen LogP contribution in [0, 0.1) is 0 Å². The van der Waals surface area contributed by atoms with Crippen LogP contribution in [-0.2, 0) is 9.53 Å².